The van der Waals surface area contributed by atoms with E-state index in [0.29, 0.717) is 25.2 Å². The first-order valence-electron chi connectivity index (χ1n) is 9.69. The van der Waals surface area contributed by atoms with Crippen molar-refractivity contribution in [3.63, 3.8) is 0 Å². The van der Waals surface area contributed by atoms with Gasteiger partial charge in [0.2, 0.25) is 5.91 Å². The molecule has 27 heavy (non-hydrogen) atoms. The van der Waals surface area contributed by atoms with Gasteiger partial charge in [-0.2, -0.15) is 5.10 Å². The van der Waals surface area contributed by atoms with Crippen molar-refractivity contribution in [2.24, 2.45) is 5.92 Å². The Balaban J connectivity index is 1.49. The number of nitrogens with zero attached hydrogens (tertiary/aromatic N) is 3. The maximum absolute atomic E-state index is 12.8. The second kappa shape index (κ2) is 7.27. The Morgan fingerprint density at radius 3 is 2.78 bits per heavy atom. The van der Waals surface area contributed by atoms with Gasteiger partial charge in [0.05, 0.1) is 11.3 Å². The summed E-state index contributed by atoms with van der Waals surface area (Å²) in [7, 11) is 0. The van der Waals surface area contributed by atoms with E-state index in [-0.39, 0.29) is 23.9 Å². The van der Waals surface area contributed by atoms with E-state index in [1.165, 1.54) is 10.7 Å². The molecule has 2 heterocycles. The van der Waals surface area contributed by atoms with Gasteiger partial charge in [0, 0.05) is 30.6 Å². The molecule has 1 aromatic carbocycles. The van der Waals surface area contributed by atoms with Crippen molar-refractivity contribution in [3.05, 3.63) is 52.8 Å². The molecule has 1 saturated heterocycles. The van der Waals surface area contributed by atoms with Gasteiger partial charge in [0.1, 0.15) is 6.54 Å². The third-order valence-corrected chi connectivity index (χ3v) is 6.00. The van der Waals surface area contributed by atoms with Gasteiger partial charge < -0.3 is 10.0 Å². The first kappa shape index (κ1) is 17.9. The van der Waals surface area contributed by atoms with Crippen LogP contribution in [0, 0.1) is 5.92 Å². The molecule has 142 valence electrons. The summed E-state index contributed by atoms with van der Waals surface area (Å²) in [6.45, 7) is 1.05. The average molecular weight is 367 g/mol. The first-order valence-corrected chi connectivity index (χ1v) is 9.69. The Morgan fingerprint density at radius 1 is 1.15 bits per heavy atom. The number of piperidine rings is 1. The fraction of sp³-hybridized carbons (Fsp3) is 0.476. The molecule has 0 unspecified atom stereocenters. The lowest BCUT2D eigenvalue weighted by molar-refractivity contribution is -0.144. The highest BCUT2D eigenvalue weighted by atomic mass is 16.3. The predicted octanol–water partition coefficient (Wildman–Crippen LogP) is 2.06. The van der Waals surface area contributed by atoms with E-state index < -0.39 is 5.60 Å². The molecular weight excluding hydrogens is 342 g/mol. The summed E-state index contributed by atoms with van der Waals surface area (Å²) in [5.41, 5.74) is 0.679. The van der Waals surface area contributed by atoms with Crippen molar-refractivity contribution in [1.29, 1.82) is 0 Å². The number of rotatable bonds is 3. The number of hydrogen-bond donors (Lipinski definition) is 1. The number of fused-ring (bicyclic) bond motifs is 1. The van der Waals surface area contributed by atoms with E-state index in [4.69, 9.17) is 0 Å². The minimum atomic E-state index is -0.614. The third kappa shape index (κ3) is 3.67. The molecule has 6 nitrogen and oxygen atoms in total. The fourth-order valence-corrected chi connectivity index (χ4v) is 4.35. The topological polar surface area (TPSA) is 75.4 Å². The van der Waals surface area contributed by atoms with Crippen molar-refractivity contribution < 1.29 is 9.90 Å². The zero-order valence-electron chi connectivity index (χ0n) is 15.4. The maximum Gasteiger partial charge on any atom is 0.267 e. The summed E-state index contributed by atoms with van der Waals surface area (Å²) >= 11 is 0. The van der Waals surface area contributed by atoms with E-state index in [1.54, 1.807) is 11.0 Å². The molecule has 2 atom stereocenters. The molecule has 1 N–H and O–H groups in total. The lowest BCUT2D eigenvalue weighted by Gasteiger charge is -2.47. The predicted molar refractivity (Wildman–Crippen MR) is 102 cm³/mol. The van der Waals surface area contributed by atoms with Gasteiger partial charge in [-0.05, 0) is 25.3 Å². The van der Waals surface area contributed by atoms with Gasteiger partial charge in [0.15, 0.2) is 0 Å². The van der Waals surface area contributed by atoms with Gasteiger partial charge in [-0.1, -0.05) is 43.2 Å². The summed E-state index contributed by atoms with van der Waals surface area (Å²) in [4.78, 5) is 26.8. The Hall–Kier alpha value is -2.47. The summed E-state index contributed by atoms with van der Waals surface area (Å²) in [5, 5.41) is 15.2. The number of aliphatic hydroxyl groups is 1. The molecule has 2 aliphatic rings. The minimum Gasteiger partial charge on any atom is -0.389 e. The van der Waals surface area contributed by atoms with E-state index in [2.05, 4.69) is 5.10 Å². The molecule has 6 heteroatoms. The van der Waals surface area contributed by atoms with E-state index >= 15 is 0 Å². The van der Waals surface area contributed by atoms with Crippen molar-refractivity contribution in [2.45, 2.75) is 44.2 Å². The largest absolute Gasteiger partial charge is 0.389 e. The van der Waals surface area contributed by atoms with Gasteiger partial charge in [-0.25, -0.2) is 4.68 Å². The molecular formula is C21H25N3O3. The Kier molecular flexibility index (Phi) is 4.83. The van der Waals surface area contributed by atoms with Gasteiger partial charge >= 0.3 is 0 Å². The summed E-state index contributed by atoms with van der Waals surface area (Å²) in [6, 6.07) is 12.7. The molecule has 1 amide bonds. The van der Waals surface area contributed by atoms with Crippen LogP contribution in [-0.4, -0.2) is 44.4 Å². The van der Waals surface area contributed by atoms with E-state index in [1.807, 2.05) is 30.3 Å². The van der Waals surface area contributed by atoms with Crippen LogP contribution in [-0.2, 0) is 11.3 Å². The van der Waals surface area contributed by atoms with Crippen LogP contribution in [0.25, 0.3) is 11.3 Å². The number of carbonyl (C=O) groups is 1. The van der Waals surface area contributed by atoms with Gasteiger partial charge in [-0.15, -0.1) is 0 Å². The highest BCUT2D eigenvalue weighted by Gasteiger charge is 2.43. The van der Waals surface area contributed by atoms with Crippen LogP contribution in [0.1, 0.15) is 32.1 Å². The third-order valence-electron chi connectivity index (χ3n) is 6.00. The van der Waals surface area contributed by atoms with Crippen molar-refractivity contribution in [2.75, 3.05) is 13.1 Å². The van der Waals surface area contributed by atoms with Crippen LogP contribution in [0.4, 0.5) is 0 Å². The number of benzene rings is 1. The van der Waals surface area contributed by atoms with Crippen LogP contribution < -0.4 is 5.56 Å². The number of amides is 1. The standard InChI is InChI=1S/C21H25N3O3/c25-19-10-9-18(16-6-2-1-3-7-16)22-24(19)15-20(26)23-13-12-21(27)11-5-4-8-17(21)14-23/h1-3,6-7,9-10,17,27H,4-5,8,11-15H2/t17-,21-/m0/s1. The lowest BCUT2D eigenvalue weighted by atomic mass is 9.71. The molecule has 0 radical (unpaired) electrons. The minimum absolute atomic E-state index is 0.0648. The van der Waals surface area contributed by atoms with Gasteiger partial charge in [0.25, 0.3) is 5.56 Å². The SMILES string of the molecule is O=C(Cn1nc(-c2ccccc2)ccc1=O)N1CC[C@@]2(O)CCCC[C@H]2C1. The molecule has 4 rings (SSSR count). The molecule has 1 aliphatic heterocycles. The molecule has 0 bridgehead atoms. The summed E-state index contributed by atoms with van der Waals surface area (Å²) in [6.07, 6.45) is 4.58. The first-order chi connectivity index (χ1) is 13.0. The molecule has 1 aromatic heterocycles. The number of carbonyl (C=O) groups excluding carboxylic acids is 1. The highest BCUT2D eigenvalue weighted by Crippen LogP contribution is 2.39. The van der Waals surface area contributed by atoms with E-state index in [0.717, 1.165) is 31.2 Å². The fourth-order valence-electron chi connectivity index (χ4n) is 4.35. The molecule has 1 aliphatic carbocycles. The smallest absolute Gasteiger partial charge is 0.267 e. The van der Waals surface area contributed by atoms with Crippen molar-refractivity contribution in [1.82, 2.24) is 14.7 Å². The lowest BCUT2D eigenvalue weighted by Crippen LogP contribution is -2.55. The average Bonchev–Trinajstić information content (AvgIpc) is 2.69. The number of likely N-dealkylation sites (tertiary alicyclic amines) is 1. The zero-order valence-corrected chi connectivity index (χ0v) is 15.4. The normalized spacial score (nSPS) is 25.1. The van der Waals surface area contributed by atoms with Crippen LogP contribution >= 0.6 is 0 Å². The van der Waals surface area contributed by atoms with Crippen LogP contribution in [0.5, 0.6) is 0 Å². The molecule has 1 saturated carbocycles. The van der Waals surface area contributed by atoms with Crippen molar-refractivity contribution in [3.8, 4) is 11.3 Å². The van der Waals surface area contributed by atoms with Crippen molar-refractivity contribution >= 4 is 5.91 Å². The number of hydrogen-bond acceptors (Lipinski definition) is 4. The van der Waals surface area contributed by atoms with Crippen LogP contribution in [0.2, 0.25) is 0 Å². The zero-order chi connectivity index (χ0) is 18.9. The second-order valence-corrected chi connectivity index (χ2v) is 7.72. The highest BCUT2D eigenvalue weighted by molar-refractivity contribution is 5.76. The number of aromatic nitrogens is 2. The Labute approximate surface area is 158 Å². The molecule has 2 aromatic rings. The van der Waals surface area contributed by atoms with Crippen LogP contribution in [0.3, 0.4) is 0 Å². The van der Waals surface area contributed by atoms with Crippen LogP contribution in [0.15, 0.2) is 47.3 Å². The van der Waals surface area contributed by atoms with E-state index in [9.17, 15) is 14.7 Å². The molecule has 2 fully saturated rings. The Bertz CT molecular complexity index is 880. The second-order valence-electron chi connectivity index (χ2n) is 7.72. The molecule has 0 spiro atoms. The Morgan fingerprint density at radius 2 is 1.96 bits per heavy atom. The summed E-state index contributed by atoms with van der Waals surface area (Å²) in [5.74, 6) is 0.0340. The monoisotopic (exact) mass is 367 g/mol. The summed E-state index contributed by atoms with van der Waals surface area (Å²) < 4.78 is 1.24. The quantitative estimate of drug-likeness (QED) is 0.901. The maximum atomic E-state index is 12.8. The van der Waals surface area contributed by atoms with Gasteiger partial charge in [-0.3, -0.25) is 9.59 Å².